The van der Waals surface area contributed by atoms with Crippen LogP contribution in [-0.4, -0.2) is 61.5 Å². The van der Waals surface area contributed by atoms with Gasteiger partial charge in [0, 0.05) is 17.1 Å². The summed E-state index contributed by atoms with van der Waals surface area (Å²) in [7, 11) is 0. The highest BCUT2D eigenvalue weighted by Crippen LogP contribution is 2.47. The van der Waals surface area contributed by atoms with Gasteiger partial charge in [-0.2, -0.15) is 0 Å². The fourth-order valence-electron chi connectivity index (χ4n) is 2.89. The number of carbonyl (C=O) groups is 3. The summed E-state index contributed by atoms with van der Waals surface area (Å²) in [5, 5.41) is 28.2. The number of β-lactam (4-membered cyclic amide) rings is 1. The molecule has 0 aromatic rings. The van der Waals surface area contributed by atoms with E-state index in [9.17, 15) is 29.7 Å². The van der Waals surface area contributed by atoms with Crippen molar-refractivity contribution >= 4 is 29.6 Å². The van der Waals surface area contributed by atoms with Gasteiger partial charge >= 0.3 is 11.9 Å². The summed E-state index contributed by atoms with van der Waals surface area (Å²) in [4.78, 5) is 36.4. The Labute approximate surface area is 137 Å². The second kappa shape index (κ2) is 6.14. The monoisotopic (exact) mass is 344 g/mol. The van der Waals surface area contributed by atoms with Crippen molar-refractivity contribution in [1.29, 1.82) is 0 Å². The molecule has 1 saturated heterocycles. The van der Waals surface area contributed by atoms with Crippen LogP contribution in [0.15, 0.2) is 10.6 Å². The van der Waals surface area contributed by atoms with Crippen LogP contribution in [0, 0.1) is 5.92 Å². The predicted molar refractivity (Wildman–Crippen MR) is 82.4 cm³/mol. The number of carboxylic acid groups (broad SMARTS) is 2. The average Bonchev–Trinajstić information content (AvgIpc) is 2.78. The van der Waals surface area contributed by atoms with Gasteiger partial charge in [-0.05, 0) is 13.3 Å². The number of rotatable bonds is 7. The molecule has 1 unspecified atom stereocenters. The molecule has 128 valence electrons. The smallest absolute Gasteiger partial charge is 0.353 e. The first kappa shape index (κ1) is 17.8. The lowest BCUT2D eigenvalue weighted by molar-refractivity contribution is -0.161. The summed E-state index contributed by atoms with van der Waals surface area (Å²) in [5.74, 6) is -3.40. The van der Waals surface area contributed by atoms with Crippen LogP contribution in [0.3, 0.4) is 0 Å². The third kappa shape index (κ3) is 2.84. The Kier molecular flexibility index (Phi) is 4.74. The minimum absolute atomic E-state index is 0.0129. The molecule has 0 aliphatic carbocycles. The van der Waals surface area contributed by atoms with Gasteiger partial charge in [-0.1, -0.05) is 6.92 Å². The van der Waals surface area contributed by atoms with Crippen molar-refractivity contribution in [3.63, 3.8) is 0 Å². The van der Waals surface area contributed by atoms with E-state index in [0.29, 0.717) is 11.3 Å². The topological polar surface area (TPSA) is 141 Å². The van der Waals surface area contributed by atoms with E-state index in [-0.39, 0.29) is 23.9 Å². The van der Waals surface area contributed by atoms with Gasteiger partial charge in [-0.15, -0.1) is 11.8 Å². The highest BCUT2D eigenvalue weighted by Gasteiger charge is 2.56. The van der Waals surface area contributed by atoms with E-state index < -0.39 is 35.4 Å². The molecule has 0 aromatic carbocycles. The van der Waals surface area contributed by atoms with Gasteiger partial charge in [-0.25, -0.2) is 4.79 Å². The molecule has 0 saturated carbocycles. The van der Waals surface area contributed by atoms with Crippen LogP contribution >= 0.6 is 11.8 Å². The average molecular weight is 344 g/mol. The highest BCUT2D eigenvalue weighted by atomic mass is 32.2. The number of carboxylic acids is 2. The van der Waals surface area contributed by atoms with E-state index in [1.807, 2.05) is 0 Å². The number of carbonyl (C=O) groups excluding carboxylic acids is 1. The molecule has 0 aromatic heterocycles. The number of nitrogens with two attached hydrogens (primary N) is 1. The maximum atomic E-state index is 12.1. The van der Waals surface area contributed by atoms with Crippen molar-refractivity contribution in [2.45, 2.75) is 44.4 Å². The van der Waals surface area contributed by atoms with E-state index in [2.05, 4.69) is 0 Å². The molecule has 2 rings (SSSR count). The van der Waals surface area contributed by atoms with Gasteiger partial charge in [-0.3, -0.25) is 9.59 Å². The number of fused-ring (bicyclic) bond motifs is 1. The van der Waals surface area contributed by atoms with Crippen molar-refractivity contribution in [2.24, 2.45) is 11.7 Å². The third-order valence-electron chi connectivity index (χ3n) is 4.45. The van der Waals surface area contributed by atoms with Crippen LogP contribution in [0.5, 0.6) is 0 Å². The minimum atomic E-state index is -1.45. The lowest BCUT2D eigenvalue weighted by Crippen LogP contribution is -2.61. The zero-order valence-corrected chi connectivity index (χ0v) is 13.7. The summed E-state index contributed by atoms with van der Waals surface area (Å²) in [6, 6.07) is -0.380. The number of thioether (sulfide) groups is 1. The normalized spacial score (nSPS) is 27.3. The Morgan fingerprint density at radius 1 is 1.48 bits per heavy atom. The molecule has 1 amide bonds. The highest BCUT2D eigenvalue weighted by molar-refractivity contribution is 8.03. The van der Waals surface area contributed by atoms with E-state index in [1.54, 1.807) is 6.92 Å². The molecule has 1 fully saturated rings. The number of aliphatic hydroxyl groups is 1. The first-order chi connectivity index (χ1) is 10.6. The molecular weight excluding hydrogens is 324 g/mol. The van der Waals surface area contributed by atoms with Crippen LogP contribution in [0.25, 0.3) is 0 Å². The Bertz CT molecular complexity index is 590. The second-order valence-electron chi connectivity index (χ2n) is 5.93. The zero-order valence-electron chi connectivity index (χ0n) is 12.9. The lowest BCUT2D eigenvalue weighted by atomic mass is 9.83. The maximum absolute atomic E-state index is 12.1. The molecule has 2 aliphatic heterocycles. The summed E-state index contributed by atoms with van der Waals surface area (Å²) in [6.07, 6.45) is -0.355. The summed E-state index contributed by atoms with van der Waals surface area (Å²) >= 11 is 1.06. The SMILES string of the molecule is CC[C@](N)(CSC1=C(C(=O)O)N2C(=O)[C@H](C(C)O)[C@H]2C1)C(=O)O. The van der Waals surface area contributed by atoms with E-state index in [1.165, 1.54) is 11.8 Å². The minimum Gasteiger partial charge on any atom is -0.480 e. The molecular formula is C14H20N2O6S. The van der Waals surface area contributed by atoms with Gasteiger partial charge in [0.15, 0.2) is 0 Å². The van der Waals surface area contributed by atoms with Crippen molar-refractivity contribution in [3.05, 3.63) is 10.6 Å². The predicted octanol–water partition coefficient (Wildman–Crippen LogP) is -0.181. The first-order valence-corrected chi connectivity index (χ1v) is 8.25. The fraction of sp³-hybridized carbons (Fsp3) is 0.643. The molecule has 9 heteroatoms. The summed E-state index contributed by atoms with van der Waals surface area (Å²) in [5.41, 5.74) is 4.24. The van der Waals surface area contributed by atoms with Gasteiger partial charge in [0.25, 0.3) is 0 Å². The molecule has 23 heavy (non-hydrogen) atoms. The Balaban J connectivity index is 2.20. The van der Waals surface area contributed by atoms with Crippen LogP contribution in [0.4, 0.5) is 0 Å². The quantitative estimate of drug-likeness (QED) is 0.466. The molecule has 2 heterocycles. The zero-order chi connectivity index (χ0) is 17.5. The molecule has 5 N–H and O–H groups in total. The van der Waals surface area contributed by atoms with Crippen molar-refractivity contribution in [1.82, 2.24) is 4.90 Å². The van der Waals surface area contributed by atoms with Crippen molar-refractivity contribution in [2.75, 3.05) is 5.75 Å². The molecule has 8 nitrogen and oxygen atoms in total. The standard InChI is InChI=1S/C14H20N2O6S/c1-3-14(15,13(21)22)5-23-8-4-7-9(6(2)17)11(18)16(7)10(8)12(19)20/h6-7,9,17H,3-5,15H2,1-2H3,(H,19,20)(H,21,22)/t6?,7-,9-,14+/m1/s1. The number of nitrogens with zero attached hydrogens (tertiary/aromatic N) is 1. The Hall–Kier alpha value is -1.58. The summed E-state index contributed by atoms with van der Waals surface area (Å²) in [6.45, 7) is 3.15. The number of hydrogen-bond acceptors (Lipinski definition) is 6. The molecule has 4 atom stereocenters. The van der Waals surface area contributed by atoms with Crippen LogP contribution in [0.1, 0.15) is 26.7 Å². The van der Waals surface area contributed by atoms with Crippen molar-refractivity contribution in [3.8, 4) is 0 Å². The first-order valence-electron chi connectivity index (χ1n) is 7.26. The number of hydrogen-bond donors (Lipinski definition) is 4. The van der Waals surface area contributed by atoms with Crippen LogP contribution in [-0.2, 0) is 14.4 Å². The van der Waals surface area contributed by atoms with Gasteiger partial charge in [0.05, 0.1) is 18.1 Å². The summed E-state index contributed by atoms with van der Waals surface area (Å²) < 4.78 is 0. The van der Waals surface area contributed by atoms with Gasteiger partial charge < -0.3 is 26.0 Å². The molecule has 2 aliphatic rings. The Morgan fingerprint density at radius 3 is 2.52 bits per heavy atom. The van der Waals surface area contributed by atoms with Gasteiger partial charge in [0.2, 0.25) is 5.91 Å². The van der Waals surface area contributed by atoms with Gasteiger partial charge in [0.1, 0.15) is 11.2 Å². The van der Waals surface area contributed by atoms with E-state index in [0.717, 1.165) is 11.8 Å². The van der Waals surface area contributed by atoms with Crippen molar-refractivity contribution < 1.29 is 29.7 Å². The maximum Gasteiger partial charge on any atom is 0.353 e. The largest absolute Gasteiger partial charge is 0.480 e. The number of aliphatic hydroxyl groups excluding tert-OH is 1. The number of aliphatic carboxylic acids is 2. The number of amides is 1. The van der Waals surface area contributed by atoms with Crippen LogP contribution < -0.4 is 5.73 Å². The fourth-order valence-corrected chi connectivity index (χ4v) is 4.26. The van der Waals surface area contributed by atoms with Crippen LogP contribution in [0.2, 0.25) is 0 Å². The molecule has 0 bridgehead atoms. The lowest BCUT2D eigenvalue weighted by Gasteiger charge is -2.44. The third-order valence-corrected chi connectivity index (χ3v) is 5.82. The van der Waals surface area contributed by atoms with E-state index >= 15 is 0 Å². The molecule has 0 spiro atoms. The Morgan fingerprint density at radius 2 is 2.09 bits per heavy atom. The molecule has 0 radical (unpaired) electrons. The second-order valence-corrected chi connectivity index (χ2v) is 7.00. The van der Waals surface area contributed by atoms with E-state index in [4.69, 9.17) is 5.73 Å².